The van der Waals surface area contributed by atoms with Crippen molar-refractivity contribution < 1.29 is 0 Å². The lowest BCUT2D eigenvalue weighted by Gasteiger charge is -2.23. The van der Waals surface area contributed by atoms with Crippen molar-refractivity contribution in [1.82, 2.24) is 10.6 Å². The van der Waals surface area contributed by atoms with E-state index in [1.54, 1.807) is 0 Å². The molecule has 19 heavy (non-hydrogen) atoms. The van der Waals surface area contributed by atoms with Crippen LogP contribution in [0, 0.1) is 5.41 Å². The summed E-state index contributed by atoms with van der Waals surface area (Å²) in [5.41, 5.74) is 2.72. The molecule has 1 aromatic carbocycles. The Morgan fingerprint density at radius 2 is 2.16 bits per heavy atom. The predicted octanol–water partition coefficient (Wildman–Crippen LogP) is 1.96. The molecule has 0 aliphatic carbocycles. The van der Waals surface area contributed by atoms with Gasteiger partial charge < -0.3 is 15.5 Å². The number of anilines is 1. The molecule has 0 amide bonds. The molecule has 3 N–H and O–H groups in total. The van der Waals surface area contributed by atoms with Gasteiger partial charge in [-0.2, -0.15) is 0 Å². The van der Waals surface area contributed by atoms with E-state index in [0.717, 1.165) is 32.4 Å². The van der Waals surface area contributed by atoms with E-state index >= 15 is 0 Å². The van der Waals surface area contributed by atoms with Crippen LogP contribution in [-0.4, -0.2) is 32.1 Å². The van der Waals surface area contributed by atoms with Gasteiger partial charge in [0.2, 0.25) is 0 Å². The fraction of sp³-hybridized carbons (Fsp3) is 0.533. The highest BCUT2D eigenvalue weighted by molar-refractivity contribution is 5.76. The van der Waals surface area contributed by atoms with Crippen LogP contribution < -0.4 is 15.5 Å². The maximum atomic E-state index is 7.82. The monoisotopic (exact) mass is 260 g/mol. The zero-order valence-electron chi connectivity index (χ0n) is 11.9. The molecule has 104 valence electrons. The van der Waals surface area contributed by atoms with Gasteiger partial charge in [0.15, 0.2) is 5.96 Å². The number of hydrogen-bond acceptors (Lipinski definition) is 2. The highest BCUT2D eigenvalue weighted by Gasteiger charge is 2.25. The fourth-order valence-electron chi connectivity index (χ4n) is 2.50. The third kappa shape index (κ3) is 3.40. The summed E-state index contributed by atoms with van der Waals surface area (Å²) in [4.78, 5) is 2.31. The van der Waals surface area contributed by atoms with Crippen LogP contribution in [0.25, 0.3) is 0 Å². The van der Waals surface area contributed by atoms with Gasteiger partial charge in [0, 0.05) is 25.8 Å². The summed E-state index contributed by atoms with van der Waals surface area (Å²) < 4.78 is 0. The molecule has 1 heterocycles. The van der Waals surface area contributed by atoms with Crippen LogP contribution in [-0.2, 0) is 6.42 Å². The Hall–Kier alpha value is -1.71. The number of nitrogens with zero attached hydrogens (tertiary/aromatic N) is 1. The van der Waals surface area contributed by atoms with Crippen molar-refractivity contribution in [2.75, 3.05) is 25.0 Å². The summed E-state index contributed by atoms with van der Waals surface area (Å²) in [7, 11) is 2.13. The van der Waals surface area contributed by atoms with Crippen molar-refractivity contribution in [2.24, 2.45) is 0 Å². The van der Waals surface area contributed by atoms with Crippen LogP contribution in [0.3, 0.4) is 0 Å². The third-order valence-electron chi connectivity index (χ3n) is 3.72. The van der Waals surface area contributed by atoms with E-state index in [9.17, 15) is 0 Å². The summed E-state index contributed by atoms with van der Waals surface area (Å²) >= 11 is 0. The van der Waals surface area contributed by atoms with Gasteiger partial charge in [-0.25, -0.2) is 0 Å². The first-order valence-electron chi connectivity index (χ1n) is 7.09. The van der Waals surface area contributed by atoms with E-state index in [1.165, 1.54) is 11.3 Å². The molecule has 0 aromatic heterocycles. The number of benzene rings is 1. The topological polar surface area (TPSA) is 51.2 Å². The first kappa shape index (κ1) is 13.7. The minimum atomic E-state index is 0.436. The number of rotatable bonds is 5. The van der Waals surface area contributed by atoms with Crippen molar-refractivity contribution in [3.63, 3.8) is 0 Å². The number of para-hydroxylation sites is 1. The van der Waals surface area contributed by atoms with Crippen molar-refractivity contribution in [3.8, 4) is 0 Å². The third-order valence-corrected chi connectivity index (χ3v) is 3.72. The average Bonchev–Trinajstić information content (AvgIpc) is 2.74. The normalized spacial score (nSPS) is 17.2. The maximum absolute atomic E-state index is 7.82. The average molecular weight is 260 g/mol. The molecule has 0 radical (unpaired) electrons. The molecule has 2 rings (SSSR count). The van der Waals surface area contributed by atoms with E-state index in [4.69, 9.17) is 5.41 Å². The molecule has 1 unspecified atom stereocenters. The van der Waals surface area contributed by atoms with E-state index in [0.29, 0.717) is 12.0 Å². The van der Waals surface area contributed by atoms with Crippen LogP contribution in [0.2, 0.25) is 0 Å². The zero-order chi connectivity index (χ0) is 13.7. The van der Waals surface area contributed by atoms with E-state index in [1.807, 2.05) is 0 Å². The number of likely N-dealkylation sites (N-methyl/N-ethyl adjacent to an activating group) is 1. The van der Waals surface area contributed by atoms with Gasteiger partial charge in [-0.1, -0.05) is 31.5 Å². The SMILES string of the molecule is CCCCNC(=N)NCC1Cc2ccccc2N1C. The quantitative estimate of drug-likeness (QED) is 0.431. The number of nitrogens with one attached hydrogen (secondary N) is 3. The minimum absolute atomic E-state index is 0.436. The summed E-state index contributed by atoms with van der Waals surface area (Å²) in [6.07, 6.45) is 3.32. The van der Waals surface area contributed by atoms with Crippen molar-refractivity contribution >= 4 is 11.6 Å². The molecule has 1 aromatic rings. The number of unbranched alkanes of at least 4 members (excludes halogenated alkanes) is 1. The lowest BCUT2D eigenvalue weighted by atomic mass is 10.1. The maximum Gasteiger partial charge on any atom is 0.188 e. The van der Waals surface area contributed by atoms with Crippen LogP contribution >= 0.6 is 0 Å². The Morgan fingerprint density at radius 3 is 2.89 bits per heavy atom. The van der Waals surface area contributed by atoms with Crippen molar-refractivity contribution in [1.29, 1.82) is 5.41 Å². The molecule has 4 nitrogen and oxygen atoms in total. The lowest BCUT2D eigenvalue weighted by Crippen LogP contribution is -2.44. The van der Waals surface area contributed by atoms with Crippen LogP contribution in [0.5, 0.6) is 0 Å². The predicted molar refractivity (Wildman–Crippen MR) is 81.0 cm³/mol. The Kier molecular flexibility index (Phi) is 4.66. The van der Waals surface area contributed by atoms with E-state index in [-0.39, 0.29) is 0 Å². The Morgan fingerprint density at radius 1 is 1.37 bits per heavy atom. The van der Waals surface area contributed by atoms with E-state index in [2.05, 4.69) is 53.8 Å². The minimum Gasteiger partial charge on any atom is -0.369 e. The second kappa shape index (κ2) is 6.45. The molecular formula is C15H24N4. The van der Waals surface area contributed by atoms with Crippen molar-refractivity contribution in [2.45, 2.75) is 32.2 Å². The van der Waals surface area contributed by atoms with Crippen LogP contribution in [0.1, 0.15) is 25.3 Å². The summed E-state index contributed by atoms with van der Waals surface area (Å²) in [6, 6.07) is 8.97. The van der Waals surface area contributed by atoms with E-state index < -0.39 is 0 Å². The number of hydrogen-bond donors (Lipinski definition) is 3. The Labute approximate surface area is 115 Å². The zero-order valence-corrected chi connectivity index (χ0v) is 11.9. The molecule has 1 aliphatic rings. The molecule has 0 spiro atoms. The molecule has 0 fully saturated rings. The number of fused-ring (bicyclic) bond motifs is 1. The summed E-state index contributed by atoms with van der Waals surface area (Å²) in [6.45, 7) is 3.84. The van der Waals surface area contributed by atoms with Gasteiger partial charge in [-0.05, 0) is 24.5 Å². The second-order valence-electron chi connectivity index (χ2n) is 5.13. The molecule has 0 saturated carbocycles. The summed E-state index contributed by atoms with van der Waals surface area (Å²) in [5.74, 6) is 0.442. The highest BCUT2D eigenvalue weighted by Crippen LogP contribution is 2.29. The molecule has 4 heteroatoms. The van der Waals surface area contributed by atoms with Gasteiger partial charge in [0.1, 0.15) is 0 Å². The van der Waals surface area contributed by atoms with Gasteiger partial charge >= 0.3 is 0 Å². The molecule has 1 atom stereocenters. The second-order valence-corrected chi connectivity index (χ2v) is 5.13. The lowest BCUT2D eigenvalue weighted by molar-refractivity contribution is 0.627. The molecular weight excluding hydrogens is 236 g/mol. The fourth-order valence-corrected chi connectivity index (χ4v) is 2.50. The van der Waals surface area contributed by atoms with Gasteiger partial charge in [-0.15, -0.1) is 0 Å². The molecule has 1 aliphatic heterocycles. The van der Waals surface area contributed by atoms with Gasteiger partial charge in [-0.3, -0.25) is 5.41 Å². The Balaban J connectivity index is 1.78. The highest BCUT2D eigenvalue weighted by atomic mass is 15.2. The Bertz CT molecular complexity index is 430. The van der Waals surface area contributed by atoms with Gasteiger partial charge in [0.05, 0.1) is 6.04 Å². The molecule has 0 saturated heterocycles. The first-order valence-corrected chi connectivity index (χ1v) is 7.09. The van der Waals surface area contributed by atoms with Crippen LogP contribution in [0.4, 0.5) is 5.69 Å². The standard InChI is InChI=1S/C15H24N4/c1-3-4-9-17-15(16)18-11-13-10-12-7-5-6-8-14(12)19(13)2/h5-8,13H,3-4,9-11H2,1-2H3,(H3,16,17,18). The largest absolute Gasteiger partial charge is 0.369 e. The van der Waals surface area contributed by atoms with Crippen molar-refractivity contribution in [3.05, 3.63) is 29.8 Å². The number of guanidine groups is 1. The first-order chi connectivity index (χ1) is 9.22. The smallest absolute Gasteiger partial charge is 0.188 e. The summed E-state index contributed by atoms with van der Waals surface area (Å²) in [5, 5.41) is 14.1. The van der Waals surface area contributed by atoms with Gasteiger partial charge in [0.25, 0.3) is 0 Å². The van der Waals surface area contributed by atoms with Crippen LogP contribution in [0.15, 0.2) is 24.3 Å². The molecule has 0 bridgehead atoms.